The second-order valence-corrected chi connectivity index (χ2v) is 17.1. The number of nitrogens with zero attached hydrogens (tertiary/aromatic N) is 6. The van der Waals surface area contributed by atoms with E-state index in [1.165, 1.54) is 11.3 Å². The van der Waals surface area contributed by atoms with E-state index in [-0.39, 0.29) is 18.1 Å². The summed E-state index contributed by atoms with van der Waals surface area (Å²) in [5.41, 5.74) is 3.68. The lowest BCUT2D eigenvalue weighted by Gasteiger charge is -2.35. The van der Waals surface area contributed by atoms with Gasteiger partial charge in [-0.1, -0.05) is 70.1 Å². The number of ether oxygens (including phenoxy) is 4. The first-order chi connectivity index (χ1) is 28.5. The zero-order chi connectivity index (χ0) is 41.4. The van der Waals surface area contributed by atoms with Gasteiger partial charge in [-0.15, -0.1) is 11.3 Å². The fraction of sp³-hybridized carbons (Fsp3) is 0.310. The number of rotatable bonds is 13. The van der Waals surface area contributed by atoms with Crippen molar-refractivity contribution in [3.05, 3.63) is 151 Å². The predicted octanol–water partition coefficient (Wildman–Crippen LogP) is 10.1. The number of aromatic nitrogens is 4. The Morgan fingerprint density at radius 2 is 1.58 bits per heavy atom. The quantitative estimate of drug-likeness (QED) is 0.113. The molecule has 0 saturated carbocycles. The van der Waals surface area contributed by atoms with Gasteiger partial charge >= 0.3 is 0 Å². The lowest BCUT2D eigenvalue weighted by Crippen LogP contribution is -2.48. The molecule has 0 spiro atoms. The Kier molecular flexibility index (Phi) is 14.8. The number of hydrogen-bond acceptors (Lipinski definition) is 9. The van der Waals surface area contributed by atoms with Crippen LogP contribution >= 0.6 is 69.3 Å². The number of carbonyl (C=O) groups excluding carboxylic acids is 1. The van der Waals surface area contributed by atoms with Crippen molar-refractivity contribution in [2.75, 3.05) is 44.3 Å². The monoisotopic (exact) mass is 916 g/mol. The van der Waals surface area contributed by atoms with Crippen molar-refractivity contribution in [2.24, 2.45) is 0 Å². The highest BCUT2D eigenvalue weighted by atomic mass is 35.5. The van der Waals surface area contributed by atoms with Crippen molar-refractivity contribution >= 4 is 80.9 Å². The number of benzene rings is 3. The number of anilines is 1. The van der Waals surface area contributed by atoms with Crippen LogP contribution in [-0.2, 0) is 44.5 Å². The zero-order valence-electron chi connectivity index (χ0n) is 31.9. The molecule has 3 unspecified atom stereocenters. The average Bonchev–Trinajstić information content (AvgIpc) is 4.07. The van der Waals surface area contributed by atoms with Crippen LogP contribution in [0.2, 0.25) is 24.4 Å². The molecule has 6 aromatic rings. The van der Waals surface area contributed by atoms with E-state index in [1.807, 2.05) is 80.3 Å². The van der Waals surface area contributed by atoms with Gasteiger partial charge in [0.15, 0.2) is 0 Å². The van der Waals surface area contributed by atoms with Gasteiger partial charge in [0.05, 0.1) is 48.3 Å². The van der Waals surface area contributed by atoms with Crippen molar-refractivity contribution in [3.63, 3.8) is 0 Å². The standard InChI is InChI=1S/C26H28Cl2N4O4.C16H13Cl3N2OS/c1-19(33)31-10-12-32(13-11-31)21-3-5-22(6-4-21)34-15-23-16-35-26(36-23,17-30-9-8-29-18-30)24-7-2-20(27)14-25(24)28;17-12-1-2-13(14(18)7-12)15(8-21-5-4-20-10-21)22-9-11-3-6-23-16(11)19/h2-9,14,18,23H,10-13,15-17H2,1H3;1-7,10,15H,8-9H2. The molecule has 3 aromatic heterocycles. The Morgan fingerprint density at radius 3 is 2.20 bits per heavy atom. The Labute approximate surface area is 371 Å². The van der Waals surface area contributed by atoms with Crippen molar-refractivity contribution in [2.45, 2.75) is 44.6 Å². The Morgan fingerprint density at radius 1 is 0.881 bits per heavy atom. The molecule has 0 radical (unpaired) electrons. The third kappa shape index (κ3) is 11.3. The Hall–Kier alpha value is -3.82. The average molecular weight is 919 g/mol. The SMILES string of the molecule is CC(=O)N1CCN(c2ccc(OCC3COC(Cn4ccnc4)(c4ccc(Cl)cc4Cl)O3)cc2)CC1.Clc1ccc(C(Cn2ccnc2)OCc2ccsc2Cl)c(Cl)c1. The van der Waals surface area contributed by atoms with E-state index < -0.39 is 5.79 Å². The number of thiophene rings is 1. The summed E-state index contributed by atoms with van der Waals surface area (Å²) >= 11 is 32.6. The van der Waals surface area contributed by atoms with Gasteiger partial charge in [0.1, 0.15) is 24.6 Å². The van der Waals surface area contributed by atoms with Crippen LogP contribution < -0.4 is 9.64 Å². The minimum absolute atomic E-state index is 0.129. The van der Waals surface area contributed by atoms with Gasteiger partial charge in [0.2, 0.25) is 11.7 Å². The maximum atomic E-state index is 11.6. The number of halogens is 5. The molecule has 1 amide bonds. The van der Waals surface area contributed by atoms with E-state index in [2.05, 4.69) is 14.9 Å². The molecule has 5 heterocycles. The molecule has 2 fully saturated rings. The van der Waals surface area contributed by atoms with Crippen LogP contribution in [0.5, 0.6) is 5.75 Å². The van der Waals surface area contributed by atoms with Crippen molar-refractivity contribution in [3.8, 4) is 5.75 Å². The summed E-state index contributed by atoms with van der Waals surface area (Å²) < 4.78 is 29.4. The molecule has 8 rings (SSSR count). The molecule has 3 atom stereocenters. The first-order valence-corrected chi connectivity index (χ1v) is 21.5. The number of imidazole rings is 2. The summed E-state index contributed by atoms with van der Waals surface area (Å²) in [4.78, 5) is 23.9. The van der Waals surface area contributed by atoms with E-state index in [9.17, 15) is 4.79 Å². The lowest BCUT2D eigenvalue weighted by molar-refractivity contribution is -0.189. The summed E-state index contributed by atoms with van der Waals surface area (Å²) in [6.45, 7) is 6.82. The smallest absolute Gasteiger partial charge is 0.219 e. The van der Waals surface area contributed by atoms with E-state index in [1.54, 1.807) is 50.2 Å². The van der Waals surface area contributed by atoms with Crippen LogP contribution in [-0.4, -0.2) is 75.4 Å². The molecule has 3 aromatic carbocycles. The van der Waals surface area contributed by atoms with Crippen molar-refractivity contribution in [1.29, 1.82) is 0 Å². The molecular weight excluding hydrogens is 878 g/mol. The maximum Gasteiger partial charge on any atom is 0.219 e. The van der Waals surface area contributed by atoms with E-state index in [0.717, 1.165) is 53.1 Å². The van der Waals surface area contributed by atoms with E-state index in [4.69, 9.17) is 77.0 Å². The first kappa shape index (κ1) is 43.3. The lowest BCUT2D eigenvalue weighted by atomic mass is 10.1. The molecule has 11 nitrogen and oxygen atoms in total. The van der Waals surface area contributed by atoms with E-state index >= 15 is 0 Å². The van der Waals surface area contributed by atoms with Crippen molar-refractivity contribution in [1.82, 2.24) is 24.0 Å². The molecule has 59 heavy (non-hydrogen) atoms. The molecule has 0 bridgehead atoms. The molecule has 0 aliphatic carbocycles. The van der Waals surface area contributed by atoms with Crippen LogP contribution in [0, 0.1) is 0 Å². The molecule has 310 valence electrons. The van der Waals surface area contributed by atoms with Crippen LogP contribution in [0.4, 0.5) is 5.69 Å². The van der Waals surface area contributed by atoms with Crippen LogP contribution in [0.3, 0.4) is 0 Å². The van der Waals surface area contributed by atoms with Gasteiger partial charge in [-0.05, 0) is 60.0 Å². The zero-order valence-corrected chi connectivity index (χ0v) is 36.5. The molecule has 2 aliphatic heterocycles. The van der Waals surface area contributed by atoms with Gasteiger partial charge in [0, 0.05) is 95.3 Å². The number of piperazine rings is 1. The van der Waals surface area contributed by atoms with Crippen molar-refractivity contribution < 1.29 is 23.7 Å². The van der Waals surface area contributed by atoms with Gasteiger partial charge < -0.3 is 37.9 Å². The molecule has 2 aliphatic rings. The van der Waals surface area contributed by atoms with Gasteiger partial charge in [-0.3, -0.25) is 4.79 Å². The minimum atomic E-state index is -1.08. The van der Waals surface area contributed by atoms with Crippen LogP contribution in [0.25, 0.3) is 0 Å². The normalized spacial score (nSPS) is 18.4. The highest BCUT2D eigenvalue weighted by molar-refractivity contribution is 7.14. The number of amides is 1. The maximum absolute atomic E-state index is 11.6. The Balaban J connectivity index is 0.000000198. The third-order valence-electron chi connectivity index (χ3n) is 9.89. The summed E-state index contributed by atoms with van der Waals surface area (Å²) in [6.07, 6.45) is 10.1. The summed E-state index contributed by atoms with van der Waals surface area (Å²) in [6, 6.07) is 20.7. The number of carbonyl (C=O) groups is 1. The highest BCUT2D eigenvalue weighted by Crippen LogP contribution is 2.41. The Bertz CT molecular complexity index is 2270. The molecule has 2 saturated heterocycles. The summed E-state index contributed by atoms with van der Waals surface area (Å²) in [7, 11) is 0. The van der Waals surface area contributed by atoms with Gasteiger partial charge in [-0.2, -0.15) is 0 Å². The van der Waals surface area contributed by atoms with Crippen LogP contribution in [0.15, 0.2) is 110 Å². The minimum Gasteiger partial charge on any atom is -0.491 e. The topological polar surface area (TPSA) is 96.1 Å². The molecular formula is C42H41Cl5N6O5S. The fourth-order valence-electron chi connectivity index (χ4n) is 6.80. The van der Waals surface area contributed by atoms with E-state index in [0.29, 0.717) is 58.6 Å². The largest absolute Gasteiger partial charge is 0.491 e. The van der Waals surface area contributed by atoms with Gasteiger partial charge in [-0.25, -0.2) is 9.97 Å². The second kappa shape index (κ2) is 20.2. The number of hydrogen-bond donors (Lipinski definition) is 0. The first-order valence-electron chi connectivity index (χ1n) is 18.8. The second-order valence-electron chi connectivity index (χ2n) is 13.9. The molecule has 17 heteroatoms. The predicted molar refractivity (Wildman–Crippen MR) is 233 cm³/mol. The van der Waals surface area contributed by atoms with Gasteiger partial charge in [0.25, 0.3) is 0 Å². The summed E-state index contributed by atoms with van der Waals surface area (Å²) in [5, 5.41) is 4.15. The highest BCUT2D eigenvalue weighted by Gasteiger charge is 2.45. The fourth-order valence-corrected chi connectivity index (χ4v) is 8.78. The molecule has 0 N–H and O–H groups in total. The van der Waals surface area contributed by atoms with Crippen LogP contribution in [0.1, 0.15) is 29.7 Å². The summed E-state index contributed by atoms with van der Waals surface area (Å²) in [5.74, 6) is -0.201. The third-order valence-corrected chi connectivity index (χ3v) is 12.3.